The van der Waals surface area contributed by atoms with E-state index in [9.17, 15) is 4.79 Å². The van der Waals surface area contributed by atoms with E-state index in [4.69, 9.17) is 9.97 Å². The number of hydrogen-bond donors (Lipinski definition) is 0. The summed E-state index contributed by atoms with van der Waals surface area (Å²) in [6, 6.07) is 46.2. The van der Waals surface area contributed by atoms with Crippen molar-refractivity contribution in [3.8, 4) is 45.0 Å². The van der Waals surface area contributed by atoms with Crippen molar-refractivity contribution < 1.29 is 0 Å². The van der Waals surface area contributed by atoms with Crippen molar-refractivity contribution in [1.82, 2.24) is 19.1 Å². The SMILES string of the molecule is Cn1c(=O)n(C)c2cc(-c3ccc(-c4cc(-c5cc6ccccc6c6ccccc56)nc(-c5ccccc5)n4)cc3)ccc21. The molecule has 0 fully saturated rings. The smallest absolute Gasteiger partial charge is 0.295 e. The highest BCUT2D eigenvalue weighted by molar-refractivity contribution is 6.13. The lowest BCUT2D eigenvalue weighted by Crippen LogP contribution is -2.19. The molecule has 2 heterocycles. The summed E-state index contributed by atoms with van der Waals surface area (Å²) >= 11 is 0. The molecular weight excluding hydrogens is 540 g/mol. The van der Waals surface area contributed by atoms with Gasteiger partial charge in [-0.15, -0.1) is 0 Å². The van der Waals surface area contributed by atoms with Crippen molar-refractivity contribution in [2.45, 2.75) is 0 Å². The van der Waals surface area contributed by atoms with Crippen LogP contribution in [0, 0.1) is 0 Å². The molecule has 0 bridgehead atoms. The monoisotopic (exact) mass is 568 g/mol. The van der Waals surface area contributed by atoms with Crippen LogP contribution in [0.1, 0.15) is 0 Å². The van der Waals surface area contributed by atoms with E-state index in [0.717, 1.165) is 55.6 Å². The number of benzene rings is 6. The fourth-order valence-corrected chi connectivity index (χ4v) is 6.24. The van der Waals surface area contributed by atoms with Crippen molar-refractivity contribution >= 4 is 32.6 Å². The topological polar surface area (TPSA) is 52.7 Å². The first-order valence-electron chi connectivity index (χ1n) is 14.7. The maximum atomic E-state index is 12.4. The Labute approximate surface area is 254 Å². The summed E-state index contributed by atoms with van der Waals surface area (Å²) in [7, 11) is 3.62. The van der Waals surface area contributed by atoms with Crippen LogP contribution in [0.15, 0.2) is 138 Å². The first kappa shape index (κ1) is 25.9. The summed E-state index contributed by atoms with van der Waals surface area (Å²) in [5.41, 5.74) is 8.74. The van der Waals surface area contributed by atoms with E-state index in [1.165, 1.54) is 16.2 Å². The van der Waals surface area contributed by atoms with Gasteiger partial charge in [0.15, 0.2) is 5.82 Å². The van der Waals surface area contributed by atoms with E-state index in [-0.39, 0.29) is 5.69 Å². The summed E-state index contributed by atoms with van der Waals surface area (Å²) in [4.78, 5) is 22.6. The van der Waals surface area contributed by atoms with E-state index in [1.54, 1.807) is 16.2 Å². The Morgan fingerprint density at radius 3 is 1.89 bits per heavy atom. The minimum absolute atomic E-state index is 0.0273. The standard InChI is InChI=1S/C39H28N4O/c1-42-36-21-20-28(23-37(36)43(2)39(42)44)25-16-18-26(19-17-25)34-24-35(41-38(40-34)27-10-4-3-5-11-27)33-22-29-12-6-7-13-30(29)31-14-8-9-15-32(31)33/h3-24H,1-2H3. The Morgan fingerprint density at radius 1 is 0.477 bits per heavy atom. The third-order valence-electron chi connectivity index (χ3n) is 8.59. The van der Waals surface area contributed by atoms with Crippen molar-refractivity contribution in [2.75, 3.05) is 0 Å². The first-order chi connectivity index (χ1) is 21.5. The van der Waals surface area contributed by atoms with Crippen LogP contribution < -0.4 is 5.69 Å². The predicted octanol–water partition coefficient (Wildman–Crippen LogP) is 8.64. The molecule has 8 aromatic rings. The van der Waals surface area contributed by atoms with Crippen molar-refractivity contribution in [3.05, 3.63) is 144 Å². The molecule has 0 aliphatic heterocycles. The Morgan fingerprint density at radius 2 is 1.09 bits per heavy atom. The van der Waals surface area contributed by atoms with Crippen molar-refractivity contribution in [3.63, 3.8) is 0 Å². The van der Waals surface area contributed by atoms with Gasteiger partial charge in [-0.05, 0) is 56.9 Å². The summed E-state index contributed by atoms with van der Waals surface area (Å²) in [6.45, 7) is 0. The van der Waals surface area contributed by atoms with Crippen LogP contribution in [0.4, 0.5) is 0 Å². The number of imidazole rings is 1. The Kier molecular flexibility index (Phi) is 5.98. The fourth-order valence-electron chi connectivity index (χ4n) is 6.24. The Balaban J connectivity index is 1.28. The maximum absolute atomic E-state index is 12.4. The molecule has 5 heteroatoms. The molecule has 0 unspecified atom stereocenters. The Hall–Kier alpha value is -5.81. The van der Waals surface area contributed by atoms with Crippen LogP contribution in [-0.2, 0) is 14.1 Å². The predicted molar refractivity (Wildman–Crippen MR) is 181 cm³/mol. The zero-order valence-corrected chi connectivity index (χ0v) is 24.4. The van der Waals surface area contributed by atoms with Gasteiger partial charge in [0.2, 0.25) is 0 Å². The van der Waals surface area contributed by atoms with E-state index in [0.29, 0.717) is 5.82 Å². The number of nitrogens with zero attached hydrogens (tertiary/aromatic N) is 4. The molecule has 0 aliphatic carbocycles. The van der Waals surface area contributed by atoms with Crippen LogP contribution in [0.5, 0.6) is 0 Å². The molecule has 8 rings (SSSR count). The van der Waals surface area contributed by atoms with Crippen molar-refractivity contribution in [2.24, 2.45) is 14.1 Å². The van der Waals surface area contributed by atoms with Gasteiger partial charge in [0, 0.05) is 30.8 Å². The second-order valence-electron chi connectivity index (χ2n) is 11.2. The molecule has 0 saturated heterocycles. The molecule has 6 aromatic carbocycles. The second-order valence-corrected chi connectivity index (χ2v) is 11.2. The van der Waals surface area contributed by atoms with Gasteiger partial charge in [-0.2, -0.15) is 0 Å². The lowest BCUT2D eigenvalue weighted by molar-refractivity contribution is 0.795. The highest BCUT2D eigenvalue weighted by atomic mass is 16.1. The van der Waals surface area contributed by atoms with E-state index < -0.39 is 0 Å². The molecule has 0 N–H and O–H groups in total. The first-order valence-corrected chi connectivity index (χ1v) is 14.7. The Bertz CT molecular complexity index is 2420. The largest absolute Gasteiger partial charge is 0.328 e. The summed E-state index contributed by atoms with van der Waals surface area (Å²) in [5, 5.41) is 4.78. The minimum atomic E-state index is -0.0273. The fraction of sp³-hybridized carbons (Fsp3) is 0.0513. The molecule has 0 aliphatic rings. The van der Waals surface area contributed by atoms with E-state index in [1.807, 2.05) is 31.3 Å². The highest BCUT2D eigenvalue weighted by Crippen LogP contribution is 2.36. The third kappa shape index (κ3) is 4.21. The van der Waals surface area contributed by atoms with Gasteiger partial charge >= 0.3 is 5.69 Å². The lowest BCUT2D eigenvalue weighted by atomic mass is 9.95. The average Bonchev–Trinajstić information content (AvgIpc) is 3.31. The summed E-state index contributed by atoms with van der Waals surface area (Å²) in [5.74, 6) is 0.690. The molecule has 0 atom stereocenters. The zero-order chi connectivity index (χ0) is 29.8. The second kappa shape index (κ2) is 10.2. The summed E-state index contributed by atoms with van der Waals surface area (Å²) < 4.78 is 3.37. The third-order valence-corrected chi connectivity index (χ3v) is 8.59. The van der Waals surface area contributed by atoms with Crippen LogP contribution in [0.3, 0.4) is 0 Å². The molecule has 0 spiro atoms. The van der Waals surface area contributed by atoms with Gasteiger partial charge in [0.25, 0.3) is 0 Å². The van der Waals surface area contributed by atoms with E-state index in [2.05, 4.69) is 109 Å². The van der Waals surface area contributed by atoms with Gasteiger partial charge < -0.3 is 0 Å². The van der Waals surface area contributed by atoms with Gasteiger partial charge in [0.05, 0.1) is 22.4 Å². The quantitative estimate of drug-likeness (QED) is 0.200. The maximum Gasteiger partial charge on any atom is 0.328 e. The van der Waals surface area contributed by atoms with Crippen LogP contribution >= 0.6 is 0 Å². The van der Waals surface area contributed by atoms with Gasteiger partial charge in [-0.1, -0.05) is 109 Å². The van der Waals surface area contributed by atoms with Crippen LogP contribution in [0.2, 0.25) is 0 Å². The van der Waals surface area contributed by atoms with Crippen molar-refractivity contribution in [1.29, 1.82) is 0 Å². The number of hydrogen-bond acceptors (Lipinski definition) is 3. The molecule has 210 valence electrons. The zero-order valence-electron chi connectivity index (χ0n) is 24.4. The number of aromatic nitrogens is 4. The lowest BCUT2D eigenvalue weighted by Gasteiger charge is -2.13. The summed E-state index contributed by atoms with van der Waals surface area (Å²) in [6.07, 6.45) is 0. The van der Waals surface area contributed by atoms with Crippen LogP contribution in [0.25, 0.3) is 77.6 Å². The molecule has 2 aromatic heterocycles. The van der Waals surface area contributed by atoms with Gasteiger partial charge in [-0.3, -0.25) is 9.13 Å². The van der Waals surface area contributed by atoms with Crippen LogP contribution in [-0.4, -0.2) is 19.1 Å². The molecular formula is C39H28N4O. The normalized spacial score (nSPS) is 11.5. The molecule has 0 saturated carbocycles. The van der Waals surface area contributed by atoms with Gasteiger partial charge in [0.1, 0.15) is 0 Å². The average molecular weight is 569 g/mol. The molecule has 0 radical (unpaired) electrons. The molecule has 5 nitrogen and oxygen atoms in total. The minimum Gasteiger partial charge on any atom is -0.295 e. The molecule has 44 heavy (non-hydrogen) atoms. The van der Waals surface area contributed by atoms with Gasteiger partial charge in [-0.25, -0.2) is 14.8 Å². The number of fused-ring (bicyclic) bond motifs is 4. The van der Waals surface area contributed by atoms with E-state index >= 15 is 0 Å². The number of aryl methyl sites for hydroxylation is 2. The highest BCUT2D eigenvalue weighted by Gasteiger charge is 2.15. The molecule has 0 amide bonds. The number of rotatable bonds is 4.